The van der Waals surface area contributed by atoms with Crippen LogP contribution in [0.15, 0.2) is 30.4 Å². The molecule has 2 saturated carbocycles. The Morgan fingerprint density at radius 2 is 1.76 bits per heavy atom. The summed E-state index contributed by atoms with van der Waals surface area (Å²) in [5.74, 6) is -5.86. The van der Waals surface area contributed by atoms with Crippen LogP contribution in [0, 0.1) is 17.6 Å². The van der Waals surface area contributed by atoms with E-state index in [1.165, 1.54) is 4.90 Å². The number of hydrogen-bond donors (Lipinski definition) is 4. The highest BCUT2D eigenvalue weighted by molar-refractivity contribution is 7.91. The first kappa shape index (κ1) is 36.2. The van der Waals surface area contributed by atoms with Crippen molar-refractivity contribution >= 4 is 39.7 Å². The molecule has 0 unspecified atom stereocenters. The summed E-state index contributed by atoms with van der Waals surface area (Å²) in [6.07, 6.45) is 6.59. The molecule has 0 aromatic heterocycles. The van der Waals surface area contributed by atoms with Crippen LogP contribution in [0.5, 0.6) is 0 Å². The first-order valence-electron chi connectivity index (χ1n) is 16.6. The van der Waals surface area contributed by atoms with E-state index in [1.807, 2.05) is 6.08 Å². The van der Waals surface area contributed by atoms with Crippen molar-refractivity contribution < 1.29 is 45.9 Å². The highest BCUT2D eigenvalue weighted by atomic mass is 32.2. The molecular formula is C33H43F2N5O8S. The molecule has 5 atom stereocenters. The van der Waals surface area contributed by atoms with Crippen molar-refractivity contribution in [3.8, 4) is 0 Å². The van der Waals surface area contributed by atoms with E-state index in [0.717, 1.165) is 24.6 Å². The number of allylic oxidation sites excluding steroid dienone is 1. The molecule has 2 aliphatic carbocycles. The summed E-state index contributed by atoms with van der Waals surface area (Å²) in [7, 11) is -3.93. The number of carbonyl (C=O) groups excluding carboxylic acids is 5. The number of nitrogens with zero attached hydrogens (tertiary/aromatic N) is 1. The van der Waals surface area contributed by atoms with Crippen molar-refractivity contribution in [1.82, 2.24) is 25.6 Å². The number of hydrogen-bond acceptors (Lipinski definition) is 8. The average molecular weight is 708 g/mol. The summed E-state index contributed by atoms with van der Waals surface area (Å²) in [6, 6.07) is -0.542. The van der Waals surface area contributed by atoms with Gasteiger partial charge in [0.15, 0.2) is 11.6 Å². The Morgan fingerprint density at radius 1 is 1.02 bits per heavy atom. The maximum Gasteiger partial charge on any atom is 0.408 e. The molecular weight excluding hydrogens is 664 g/mol. The van der Waals surface area contributed by atoms with Crippen LogP contribution in [0.1, 0.15) is 88.9 Å². The van der Waals surface area contributed by atoms with E-state index >= 15 is 0 Å². The summed E-state index contributed by atoms with van der Waals surface area (Å²) in [6.45, 7) is 4.84. The minimum atomic E-state index is -3.93. The molecule has 2 aliphatic heterocycles. The van der Waals surface area contributed by atoms with E-state index in [-0.39, 0.29) is 31.4 Å². The summed E-state index contributed by atoms with van der Waals surface area (Å²) >= 11 is 0. The second-order valence-electron chi connectivity index (χ2n) is 14.3. The number of fused-ring (bicyclic) bond motifs is 2. The van der Waals surface area contributed by atoms with Crippen LogP contribution in [0.2, 0.25) is 0 Å². The quantitative estimate of drug-likeness (QED) is 0.326. The molecule has 5 rings (SSSR count). The largest absolute Gasteiger partial charge is 0.444 e. The Bertz CT molecular complexity index is 1640. The van der Waals surface area contributed by atoms with Crippen molar-refractivity contribution in [2.24, 2.45) is 5.92 Å². The fourth-order valence-electron chi connectivity index (χ4n) is 6.26. The van der Waals surface area contributed by atoms with E-state index in [2.05, 4.69) is 20.7 Å². The van der Waals surface area contributed by atoms with Gasteiger partial charge in [-0.3, -0.25) is 23.9 Å². The molecule has 0 bridgehead atoms. The molecule has 4 aliphatic rings. The van der Waals surface area contributed by atoms with Gasteiger partial charge in [-0.1, -0.05) is 25.0 Å². The number of rotatable bonds is 6. The van der Waals surface area contributed by atoms with Gasteiger partial charge in [-0.25, -0.2) is 22.0 Å². The lowest BCUT2D eigenvalue weighted by Crippen LogP contribution is -2.58. The highest BCUT2D eigenvalue weighted by Crippen LogP contribution is 2.46. The van der Waals surface area contributed by atoms with Gasteiger partial charge in [0.25, 0.3) is 11.8 Å². The van der Waals surface area contributed by atoms with Crippen LogP contribution < -0.4 is 20.7 Å². The third-order valence-electron chi connectivity index (χ3n) is 9.09. The van der Waals surface area contributed by atoms with Crippen molar-refractivity contribution in [3.05, 3.63) is 47.5 Å². The van der Waals surface area contributed by atoms with Gasteiger partial charge in [-0.15, -0.1) is 0 Å². The molecule has 4 N–H and O–H groups in total. The molecule has 2 heterocycles. The number of halogens is 2. The van der Waals surface area contributed by atoms with E-state index in [4.69, 9.17) is 4.74 Å². The van der Waals surface area contributed by atoms with Gasteiger partial charge in [0.05, 0.1) is 5.25 Å². The molecule has 0 spiro atoms. The molecule has 1 saturated heterocycles. The monoisotopic (exact) mass is 707 g/mol. The van der Waals surface area contributed by atoms with Crippen LogP contribution in [-0.2, 0) is 29.1 Å². The Balaban J connectivity index is 1.43. The van der Waals surface area contributed by atoms with E-state index in [9.17, 15) is 41.2 Å². The first-order valence-corrected chi connectivity index (χ1v) is 18.1. The van der Waals surface area contributed by atoms with Gasteiger partial charge >= 0.3 is 6.09 Å². The predicted molar refractivity (Wildman–Crippen MR) is 172 cm³/mol. The van der Waals surface area contributed by atoms with Crippen LogP contribution in [-0.4, -0.2) is 84.1 Å². The van der Waals surface area contributed by atoms with Gasteiger partial charge in [0, 0.05) is 24.1 Å². The molecule has 3 fully saturated rings. The molecule has 5 amide bonds. The molecule has 13 nitrogen and oxygen atoms in total. The lowest BCUT2D eigenvalue weighted by molar-refractivity contribution is -0.141. The van der Waals surface area contributed by atoms with Gasteiger partial charge in [-0.2, -0.15) is 0 Å². The Hall–Kier alpha value is -4.08. The average Bonchev–Trinajstić information content (AvgIpc) is 3.93. The summed E-state index contributed by atoms with van der Waals surface area (Å²) < 4.78 is 60.3. The molecule has 0 radical (unpaired) electrons. The number of benzene rings is 1. The maximum absolute atomic E-state index is 14.2. The minimum absolute atomic E-state index is 0.120. The Labute approximate surface area is 284 Å². The maximum atomic E-state index is 14.2. The lowest BCUT2D eigenvalue weighted by atomic mass is 10.0. The standard InChI is InChI=1S/C33H43F2N5O8S/c1-32(2,3)48-31(45)37-25-10-8-6-4-5-7-9-20-17-33(20,30(44)39-49(46,47)22-12-13-22)38-28(42)26-16-21(18-40(26)29(25)43)36-27(41)19-11-14-23(34)24(35)15-19/h7,9,11,14-15,20-22,25-26H,4-6,8,10,12-13,16-18H2,1-3H3,(H,36,41)(H,37,45)(H,38,42)(H,39,44)/b9-7-/t20-,21-,25+,26+,33-/m1/s1. The highest BCUT2D eigenvalue weighted by Gasteiger charge is 2.62. The number of nitrogens with one attached hydrogen (secondary N) is 4. The van der Waals surface area contributed by atoms with E-state index < -0.39 is 91.8 Å². The van der Waals surface area contributed by atoms with Gasteiger partial charge in [-0.05, 0) is 83.9 Å². The fraction of sp³-hybridized carbons (Fsp3) is 0.606. The molecule has 268 valence electrons. The van der Waals surface area contributed by atoms with E-state index in [1.54, 1.807) is 26.8 Å². The number of ether oxygens (including phenoxy) is 1. The minimum Gasteiger partial charge on any atom is -0.444 e. The molecule has 1 aromatic carbocycles. The van der Waals surface area contributed by atoms with Gasteiger partial charge in [0.1, 0.15) is 23.2 Å². The number of sulfonamides is 1. The smallest absolute Gasteiger partial charge is 0.408 e. The third kappa shape index (κ3) is 8.75. The fourth-order valence-corrected chi connectivity index (χ4v) is 7.62. The van der Waals surface area contributed by atoms with Gasteiger partial charge < -0.3 is 25.6 Å². The van der Waals surface area contributed by atoms with Crippen molar-refractivity contribution in [2.45, 2.75) is 113 Å². The Morgan fingerprint density at radius 3 is 2.43 bits per heavy atom. The second kappa shape index (κ2) is 14.0. The van der Waals surface area contributed by atoms with Crippen LogP contribution in [0.3, 0.4) is 0 Å². The van der Waals surface area contributed by atoms with Crippen molar-refractivity contribution in [3.63, 3.8) is 0 Å². The van der Waals surface area contributed by atoms with Crippen molar-refractivity contribution in [2.75, 3.05) is 6.54 Å². The number of carbonyl (C=O) groups is 5. The Kier molecular flexibility index (Phi) is 10.4. The van der Waals surface area contributed by atoms with Gasteiger partial charge in [0.2, 0.25) is 21.8 Å². The summed E-state index contributed by atoms with van der Waals surface area (Å²) in [5, 5.41) is 7.37. The third-order valence-corrected chi connectivity index (χ3v) is 10.9. The molecule has 16 heteroatoms. The van der Waals surface area contributed by atoms with E-state index in [0.29, 0.717) is 32.1 Å². The zero-order chi connectivity index (χ0) is 35.7. The predicted octanol–water partition coefficient (Wildman–Crippen LogP) is 2.56. The van der Waals surface area contributed by atoms with Crippen LogP contribution >= 0.6 is 0 Å². The van der Waals surface area contributed by atoms with Crippen LogP contribution in [0.25, 0.3) is 0 Å². The molecule has 1 aromatic rings. The second-order valence-corrected chi connectivity index (χ2v) is 16.2. The zero-order valence-electron chi connectivity index (χ0n) is 27.7. The normalized spacial score (nSPS) is 28.5. The topological polar surface area (TPSA) is 180 Å². The summed E-state index contributed by atoms with van der Waals surface area (Å²) in [4.78, 5) is 68.8. The number of amides is 5. The summed E-state index contributed by atoms with van der Waals surface area (Å²) in [5.41, 5.74) is -2.61. The molecule has 49 heavy (non-hydrogen) atoms. The van der Waals surface area contributed by atoms with Crippen LogP contribution in [0.4, 0.5) is 13.6 Å². The number of alkyl carbamates (subject to hydrolysis) is 1. The SMILES string of the molecule is CC(C)(C)OC(=O)N[C@H]1CCCCC/C=C\[C@@H]2C[C@@]2(C(=O)NS(=O)(=O)C2CC2)NC(=O)[C@@H]2C[C@@H](NC(=O)c3ccc(F)c(F)c3)CN2C1=O. The zero-order valence-corrected chi connectivity index (χ0v) is 28.5. The first-order chi connectivity index (χ1) is 23.0. The van der Waals surface area contributed by atoms with Crippen molar-refractivity contribution in [1.29, 1.82) is 0 Å². The lowest BCUT2D eigenvalue weighted by Gasteiger charge is -2.30.